The number of rotatable bonds is 5. The maximum Gasteiger partial charge on any atom is 0.330 e. The fourth-order valence-corrected chi connectivity index (χ4v) is 2.07. The minimum atomic E-state index is -0.566. The number of aliphatic hydroxyl groups excluding tert-OH is 1. The lowest BCUT2D eigenvalue weighted by Gasteiger charge is -2.01. The monoisotopic (exact) mass is 302 g/mol. The fourth-order valence-electron chi connectivity index (χ4n) is 2.07. The molecule has 0 amide bonds. The Bertz CT molecular complexity index is 895. The Kier molecular flexibility index (Phi) is 3.75. The molecule has 0 spiro atoms. The van der Waals surface area contributed by atoms with Gasteiger partial charge in [-0.3, -0.25) is 14.3 Å². The Morgan fingerprint density at radius 3 is 2.68 bits per heavy atom. The van der Waals surface area contributed by atoms with Crippen LogP contribution in [0.1, 0.15) is 6.42 Å². The number of nitrogens with zero attached hydrogens (tertiary/aromatic N) is 2. The van der Waals surface area contributed by atoms with Gasteiger partial charge in [-0.25, -0.2) is 4.79 Å². The molecule has 0 aliphatic rings. The van der Waals surface area contributed by atoms with Crippen molar-refractivity contribution in [1.82, 2.24) is 19.5 Å². The Hall–Kier alpha value is -2.87. The average molecular weight is 302 g/mol. The second kappa shape index (κ2) is 5.86. The Balaban J connectivity index is 2.01. The predicted octanol–water partition coefficient (Wildman–Crippen LogP) is 0.588. The maximum absolute atomic E-state index is 12.3. The molecule has 0 saturated carbocycles. The number of aromatic amines is 2. The third kappa shape index (κ3) is 2.63. The molecule has 2 aromatic heterocycles. The Labute approximate surface area is 124 Å². The standard InChI is InChI=1S/C14H14N4O4/c19-8-4-7-18-12(20)10-11(17-14(18)21)16-13(15-10)22-9-5-2-1-3-6-9/h1-3,5-6,19H,4,7-8H2,(H,15,16)(H,17,21). The quantitative estimate of drug-likeness (QED) is 0.638. The van der Waals surface area contributed by atoms with Crippen molar-refractivity contribution in [1.29, 1.82) is 0 Å². The van der Waals surface area contributed by atoms with E-state index in [4.69, 9.17) is 9.84 Å². The second-order valence-electron chi connectivity index (χ2n) is 4.64. The zero-order valence-corrected chi connectivity index (χ0v) is 11.6. The highest BCUT2D eigenvalue weighted by Crippen LogP contribution is 2.18. The van der Waals surface area contributed by atoms with Crippen molar-refractivity contribution in [3.8, 4) is 11.8 Å². The predicted molar refractivity (Wildman–Crippen MR) is 79.2 cm³/mol. The molecular formula is C14H14N4O4. The number of aliphatic hydroxyl groups is 1. The summed E-state index contributed by atoms with van der Waals surface area (Å²) < 4.78 is 6.52. The van der Waals surface area contributed by atoms with Crippen LogP contribution < -0.4 is 16.0 Å². The molecule has 22 heavy (non-hydrogen) atoms. The minimum Gasteiger partial charge on any atom is -0.426 e. The van der Waals surface area contributed by atoms with Crippen LogP contribution in [0.25, 0.3) is 11.2 Å². The van der Waals surface area contributed by atoms with Gasteiger partial charge in [-0.05, 0) is 18.6 Å². The summed E-state index contributed by atoms with van der Waals surface area (Å²) in [6.45, 7) is 0.0315. The van der Waals surface area contributed by atoms with Crippen LogP contribution in [-0.2, 0) is 6.54 Å². The van der Waals surface area contributed by atoms with Crippen molar-refractivity contribution < 1.29 is 9.84 Å². The zero-order valence-electron chi connectivity index (χ0n) is 11.6. The highest BCUT2D eigenvalue weighted by Gasteiger charge is 2.13. The molecule has 3 rings (SSSR count). The van der Waals surface area contributed by atoms with Crippen molar-refractivity contribution in [2.45, 2.75) is 13.0 Å². The third-order valence-electron chi connectivity index (χ3n) is 3.11. The van der Waals surface area contributed by atoms with E-state index < -0.39 is 11.2 Å². The van der Waals surface area contributed by atoms with Crippen LogP contribution >= 0.6 is 0 Å². The molecule has 0 fully saturated rings. The lowest BCUT2D eigenvalue weighted by atomic mass is 10.3. The van der Waals surface area contributed by atoms with Crippen LogP contribution in [-0.4, -0.2) is 31.2 Å². The molecular weight excluding hydrogens is 288 g/mol. The van der Waals surface area contributed by atoms with Gasteiger partial charge in [-0.1, -0.05) is 18.2 Å². The van der Waals surface area contributed by atoms with E-state index in [1.165, 1.54) is 0 Å². The molecule has 0 radical (unpaired) electrons. The van der Waals surface area contributed by atoms with E-state index in [0.717, 1.165) is 4.57 Å². The van der Waals surface area contributed by atoms with E-state index in [0.29, 0.717) is 12.2 Å². The molecule has 3 aromatic rings. The number of aromatic nitrogens is 4. The summed E-state index contributed by atoms with van der Waals surface area (Å²) in [6, 6.07) is 9.07. The number of H-pyrrole nitrogens is 2. The summed E-state index contributed by atoms with van der Waals surface area (Å²) in [5.74, 6) is 0.560. The average Bonchev–Trinajstić information content (AvgIpc) is 2.91. The van der Waals surface area contributed by atoms with Gasteiger partial charge in [0.25, 0.3) is 5.56 Å². The summed E-state index contributed by atoms with van der Waals surface area (Å²) in [4.78, 5) is 33.4. The number of para-hydroxylation sites is 1. The molecule has 2 heterocycles. The Morgan fingerprint density at radius 2 is 1.95 bits per heavy atom. The van der Waals surface area contributed by atoms with Crippen molar-refractivity contribution in [3.63, 3.8) is 0 Å². The second-order valence-corrected chi connectivity index (χ2v) is 4.64. The number of benzene rings is 1. The van der Waals surface area contributed by atoms with Crippen LogP contribution in [0.4, 0.5) is 0 Å². The smallest absolute Gasteiger partial charge is 0.330 e. The summed E-state index contributed by atoms with van der Waals surface area (Å²) in [6.07, 6.45) is 0.315. The molecule has 8 nitrogen and oxygen atoms in total. The molecule has 0 atom stereocenters. The number of nitrogens with one attached hydrogen (secondary N) is 2. The normalized spacial score (nSPS) is 11.0. The van der Waals surface area contributed by atoms with Gasteiger partial charge >= 0.3 is 11.7 Å². The summed E-state index contributed by atoms with van der Waals surface area (Å²) >= 11 is 0. The fraction of sp³-hybridized carbons (Fsp3) is 0.214. The van der Waals surface area contributed by atoms with Gasteiger partial charge in [0.1, 0.15) is 5.75 Å². The van der Waals surface area contributed by atoms with Crippen molar-refractivity contribution in [2.75, 3.05) is 6.61 Å². The molecule has 0 unspecified atom stereocenters. The first kappa shape index (κ1) is 14.1. The number of fused-ring (bicyclic) bond motifs is 1. The molecule has 0 bridgehead atoms. The van der Waals surface area contributed by atoms with E-state index in [9.17, 15) is 9.59 Å². The van der Waals surface area contributed by atoms with E-state index in [1.807, 2.05) is 18.2 Å². The van der Waals surface area contributed by atoms with Gasteiger partial charge in [0.15, 0.2) is 11.2 Å². The van der Waals surface area contributed by atoms with Gasteiger partial charge < -0.3 is 14.8 Å². The van der Waals surface area contributed by atoms with Crippen molar-refractivity contribution >= 4 is 11.2 Å². The van der Waals surface area contributed by atoms with E-state index in [1.54, 1.807) is 12.1 Å². The lowest BCUT2D eigenvalue weighted by Crippen LogP contribution is -2.35. The van der Waals surface area contributed by atoms with Crippen LogP contribution in [0.3, 0.4) is 0 Å². The SMILES string of the molecule is O=c1[nH]c2nc(Oc3ccccc3)[nH]c2c(=O)n1CCCO. The molecule has 1 aromatic carbocycles. The highest BCUT2D eigenvalue weighted by molar-refractivity contribution is 5.69. The summed E-state index contributed by atoms with van der Waals surface area (Å²) in [5, 5.41) is 8.82. The molecule has 8 heteroatoms. The van der Waals surface area contributed by atoms with Gasteiger partial charge in [0.05, 0.1) is 0 Å². The maximum atomic E-state index is 12.3. The summed E-state index contributed by atoms with van der Waals surface area (Å²) in [5.41, 5.74) is -0.768. The van der Waals surface area contributed by atoms with E-state index in [-0.39, 0.29) is 30.3 Å². The molecule has 3 N–H and O–H groups in total. The van der Waals surface area contributed by atoms with Gasteiger partial charge in [-0.2, -0.15) is 4.98 Å². The van der Waals surface area contributed by atoms with Crippen molar-refractivity contribution in [3.05, 3.63) is 51.2 Å². The first-order valence-electron chi connectivity index (χ1n) is 6.75. The van der Waals surface area contributed by atoms with Gasteiger partial charge in [0.2, 0.25) is 0 Å². The van der Waals surface area contributed by atoms with E-state index in [2.05, 4.69) is 15.0 Å². The molecule has 0 saturated heterocycles. The number of hydrogen-bond acceptors (Lipinski definition) is 5. The molecule has 0 aliphatic heterocycles. The summed E-state index contributed by atoms with van der Waals surface area (Å²) in [7, 11) is 0. The number of hydrogen-bond donors (Lipinski definition) is 3. The van der Waals surface area contributed by atoms with Crippen LogP contribution in [0.15, 0.2) is 39.9 Å². The molecule has 114 valence electrons. The number of ether oxygens (including phenoxy) is 1. The highest BCUT2D eigenvalue weighted by atomic mass is 16.5. The van der Waals surface area contributed by atoms with Crippen LogP contribution in [0.2, 0.25) is 0 Å². The van der Waals surface area contributed by atoms with Gasteiger partial charge in [-0.15, -0.1) is 0 Å². The molecule has 0 aliphatic carbocycles. The van der Waals surface area contributed by atoms with Crippen LogP contribution in [0.5, 0.6) is 11.8 Å². The third-order valence-corrected chi connectivity index (χ3v) is 3.11. The largest absolute Gasteiger partial charge is 0.426 e. The van der Waals surface area contributed by atoms with E-state index >= 15 is 0 Å². The topological polar surface area (TPSA) is 113 Å². The lowest BCUT2D eigenvalue weighted by molar-refractivity contribution is 0.278. The first-order valence-corrected chi connectivity index (χ1v) is 6.75. The Morgan fingerprint density at radius 1 is 1.18 bits per heavy atom. The van der Waals surface area contributed by atoms with Crippen molar-refractivity contribution in [2.24, 2.45) is 0 Å². The number of imidazole rings is 1. The zero-order chi connectivity index (χ0) is 15.5. The van der Waals surface area contributed by atoms with Gasteiger partial charge in [0, 0.05) is 13.2 Å². The van der Waals surface area contributed by atoms with Crippen LogP contribution in [0, 0.1) is 0 Å². The minimum absolute atomic E-state index is 0.102. The first-order chi connectivity index (χ1) is 10.7.